The molecule has 0 fully saturated rings. The molecule has 0 atom stereocenters. The van der Waals surface area contributed by atoms with Crippen LogP contribution in [-0.4, -0.2) is 10.8 Å². The molecule has 0 saturated heterocycles. The van der Waals surface area contributed by atoms with Crippen LogP contribution in [0.15, 0.2) is 115 Å². The first-order valence-corrected chi connectivity index (χ1v) is 10.8. The summed E-state index contributed by atoms with van der Waals surface area (Å²) in [6.45, 7) is 0. The molecule has 0 bridgehead atoms. The lowest BCUT2D eigenvalue weighted by molar-refractivity contribution is 0.105. The number of carbonyl (C=O) groups excluding carboxylic acids is 1. The van der Waals surface area contributed by atoms with Gasteiger partial charge in [0.25, 0.3) is 0 Å². The third-order valence-corrected chi connectivity index (χ3v) is 5.63. The Hall–Kier alpha value is -4.44. The highest BCUT2D eigenvalue weighted by atomic mass is 19.1. The molecule has 34 heavy (non-hydrogen) atoms. The fourth-order valence-corrected chi connectivity index (χ4v) is 3.99. The van der Waals surface area contributed by atoms with Gasteiger partial charge in [0.1, 0.15) is 11.6 Å². The quantitative estimate of drug-likeness (QED) is 0.208. The highest BCUT2D eigenvalue weighted by Gasteiger charge is 2.23. The van der Waals surface area contributed by atoms with Gasteiger partial charge in [-0.2, -0.15) is 0 Å². The predicted octanol–water partition coefficient (Wildman–Crippen LogP) is 7.36. The van der Waals surface area contributed by atoms with Crippen LogP contribution >= 0.6 is 0 Å². The van der Waals surface area contributed by atoms with E-state index in [1.54, 1.807) is 48.5 Å². The lowest BCUT2D eigenvalue weighted by Crippen LogP contribution is -2.08. The van der Waals surface area contributed by atoms with E-state index in [0.717, 1.165) is 10.9 Å². The minimum absolute atomic E-state index is 0.230. The molecule has 164 valence electrons. The molecule has 0 aliphatic rings. The Morgan fingerprint density at radius 1 is 0.559 bits per heavy atom. The van der Waals surface area contributed by atoms with E-state index < -0.39 is 0 Å². The zero-order valence-corrected chi connectivity index (χ0v) is 18.1. The molecular formula is C30H19F2NO. The normalized spacial score (nSPS) is 10.8. The Kier molecular flexibility index (Phi) is 5.79. The minimum Gasteiger partial charge on any atom is -0.289 e. The maximum absolute atomic E-state index is 14.0. The van der Waals surface area contributed by atoms with Crippen molar-refractivity contribution in [2.24, 2.45) is 0 Å². The second-order valence-corrected chi connectivity index (χ2v) is 7.85. The standard InChI is InChI=1S/C30H19F2NO/c31-24-15-10-21(11-16-24)28(22-12-17-25(32)18-13-22)29(30(34)23-7-2-1-3-8-23)27-19-14-20-6-4-5-9-26(20)33-27/h1-19H. The second-order valence-electron chi connectivity index (χ2n) is 7.85. The molecule has 0 N–H and O–H groups in total. The maximum Gasteiger partial charge on any atom is 0.195 e. The van der Waals surface area contributed by atoms with E-state index >= 15 is 0 Å². The summed E-state index contributed by atoms with van der Waals surface area (Å²) in [6, 6.07) is 32.2. The highest BCUT2D eigenvalue weighted by Crippen LogP contribution is 2.35. The van der Waals surface area contributed by atoms with Crippen molar-refractivity contribution in [3.63, 3.8) is 0 Å². The monoisotopic (exact) mass is 447 g/mol. The SMILES string of the molecule is O=C(C(=C(c1ccc(F)cc1)c1ccc(F)cc1)c1ccc2ccccc2n1)c1ccccc1. The summed E-state index contributed by atoms with van der Waals surface area (Å²) in [6.07, 6.45) is 0. The van der Waals surface area contributed by atoms with Gasteiger partial charge in [-0.15, -0.1) is 0 Å². The zero-order valence-electron chi connectivity index (χ0n) is 18.1. The van der Waals surface area contributed by atoms with Gasteiger partial charge in [0.2, 0.25) is 0 Å². The van der Waals surface area contributed by atoms with Crippen molar-refractivity contribution in [1.82, 2.24) is 4.98 Å². The zero-order chi connectivity index (χ0) is 23.5. The molecule has 0 aliphatic carbocycles. The van der Waals surface area contributed by atoms with Gasteiger partial charge in [0.15, 0.2) is 5.78 Å². The molecule has 4 aromatic carbocycles. The molecule has 1 heterocycles. The first-order valence-electron chi connectivity index (χ1n) is 10.8. The van der Waals surface area contributed by atoms with Crippen molar-refractivity contribution in [3.05, 3.63) is 149 Å². The number of nitrogens with zero attached hydrogens (tertiary/aromatic N) is 1. The molecule has 0 aliphatic heterocycles. The fourth-order valence-electron chi connectivity index (χ4n) is 3.99. The molecule has 0 saturated carbocycles. The van der Waals surface area contributed by atoms with Crippen molar-refractivity contribution in [2.45, 2.75) is 0 Å². The number of ketones is 1. The number of aromatic nitrogens is 1. The number of halogens is 2. The van der Waals surface area contributed by atoms with Crippen LogP contribution in [0.1, 0.15) is 27.2 Å². The van der Waals surface area contributed by atoms with Crippen LogP contribution in [0, 0.1) is 11.6 Å². The molecule has 1 aromatic heterocycles. The van der Waals surface area contributed by atoms with Crippen LogP contribution in [0.25, 0.3) is 22.0 Å². The number of carbonyl (C=O) groups is 1. The first kappa shape index (κ1) is 21.4. The number of pyridine rings is 1. The summed E-state index contributed by atoms with van der Waals surface area (Å²) in [5.74, 6) is -1.00. The molecular weight excluding hydrogens is 428 g/mol. The van der Waals surface area contributed by atoms with E-state index in [1.165, 1.54) is 24.3 Å². The van der Waals surface area contributed by atoms with Gasteiger partial charge < -0.3 is 0 Å². The number of para-hydroxylation sites is 1. The molecule has 2 nitrogen and oxygen atoms in total. The lowest BCUT2D eigenvalue weighted by Gasteiger charge is -2.17. The molecule has 5 aromatic rings. The van der Waals surface area contributed by atoms with Gasteiger partial charge in [0, 0.05) is 16.5 Å². The van der Waals surface area contributed by atoms with E-state index in [-0.39, 0.29) is 17.4 Å². The van der Waals surface area contributed by atoms with E-state index in [0.29, 0.717) is 33.5 Å². The van der Waals surface area contributed by atoms with Crippen molar-refractivity contribution < 1.29 is 13.6 Å². The van der Waals surface area contributed by atoms with Gasteiger partial charge in [-0.25, -0.2) is 13.8 Å². The Morgan fingerprint density at radius 3 is 1.74 bits per heavy atom. The van der Waals surface area contributed by atoms with E-state index in [4.69, 9.17) is 4.98 Å². The summed E-state index contributed by atoms with van der Waals surface area (Å²) in [5, 5.41) is 0.947. The number of hydrogen-bond donors (Lipinski definition) is 0. The van der Waals surface area contributed by atoms with Crippen LogP contribution in [0.4, 0.5) is 8.78 Å². The second kappa shape index (κ2) is 9.20. The number of Topliss-reactive ketones (excluding diaryl/α,β-unsaturated/α-hetero) is 1. The fraction of sp³-hybridized carbons (Fsp3) is 0. The van der Waals surface area contributed by atoms with Gasteiger partial charge in [-0.1, -0.05) is 78.9 Å². The largest absolute Gasteiger partial charge is 0.289 e. The van der Waals surface area contributed by atoms with Crippen molar-refractivity contribution in [3.8, 4) is 0 Å². The average Bonchev–Trinajstić information content (AvgIpc) is 2.88. The van der Waals surface area contributed by atoms with E-state index in [9.17, 15) is 13.6 Å². The minimum atomic E-state index is -0.387. The van der Waals surface area contributed by atoms with Gasteiger partial charge in [0.05, 0.1) is 16.8 Å². The van der Waals surface area contributed by atoms with Crippen LogP contribution in [0.2, 0.25) is 0 Å². The summed E-state index contributed by atoms with van der Waals surface area (Å²) in [7, 11) is 0. The summed E-state index contributed by atoms with van der Waals surface area (Å²) < 4.78 is 27.6. The van der Waals surface area contributed by atoms with E-state index in [1.807, 2.05) is 42.5 Å². The summed E-state index contributed by atoms with van der Waals surface area (Å²) in [5.41, 5.74) is 3.89. The Morgan fingerprint density at radius 2 is 1.12 bits per heavy atom. The molecule has 5 rings (SSSR count). The molecule has 0 amide bonds. The van der Waals surface area contributed by atoms with Gasteiger partial charge in [-0.3, -0.25) is 4.79 Å². The average molecular weight is 447 g/mol. The number of hydrogen-bond acceptors (Lipinski definition) is 2. The number of benzene rings is 4. The Labute approximate surface area is 195 Å². The highest BCUT2D eigenvalue weighted by molar-refractivity contribution is 6.35. The summed E-state index contributed by atoms with van der Waals surface area (Å²) in [4.78, 5) is 18.8. The molecule has 0 spiro atoms. The molecule has 4 heteroatoms. The number of allylic oxidation sites excluding steroid dienone is 1. The maximum atomic E-state index is 14.0. The Bertz CT molecular complexity index is 1460. The summed E-state index contributed by atoms with van der Waals surface area (Å²) >= 11 is 0. The van der Waals surface area contributed by atoms with Gasteiger partial charge >= 0.3 is 0 Å². The van der Waals surface area contributed by atoms with Crippen molar-refractivity contribution >= 4 is 27.8 Å². The molecule has 0 radical (unpaired) electrons. The lowest BCUT2D eigenvalue weighted by atomic mass is 9.87. The van der Waals surface area contributed by atoms with Crippen molar-refractivity contribution in [2.75, 3.05) is 0 Å². The Balaban J connectivity index is 1.86. The molecule has 0 unspecified atom stereocenters. The van der Waals surface area contributed by atoms with Gasteiger partial charge in [-0.05, 0) is 47.5 Å². The third kappa shape index (κ3) is 4.26. The predicted molar refractivity (Wildman–Crippen MR) is 131 cm³/mol. The van der Waals surface area contributed by atoms with Crippen LogP contribution < -0.4 is 0 Å². The smallest absolute Gasteiger partial charge is 0.195 e. The number of fused-ring (bicyclic) bond motifs is 1. The van der Waals surface area contributed by atoms with E-state index in [2.05, 4.69) is 0 Å². The first-order chi connectivity index (χ1) is 16.6. The van der Waals surface area contributed by atoms with Crippen molar-refractivity contribution in [1.29, 1.82) is 0 Å². The van der Waals surface area contributed by atoms with Crippen LogP contribution in [0.5, 0.6) is 0 Å². The number of rotatable bonds is 5. The topological polar surface area (TPSA) is 30.0 Å². The van der Waals surface area contributed by atoms with Crippen LogP contribution in [-0.2, 0) is 0 Å². The van der Waals surface area contributed by atoms with Crippen LogP contribution in [0.3, 0.4) is 0 Å². The third-order valence-electron chi connectivity index (χ3n) is 5.63.